The molecule has 5 aromatic carbocycles. The van der Waals surface area contributed by atoms with Gasteiger partial charge in [0.05, 0.1) is 7.11 Å². The highest BCUT2D eigenvalue weighted by Crippen LogP contribution is 2.19. The number of rotatable bonds is 14. The third kappa shape index (κ3) is 9.46. The fraction of sp³-hybridized carbons (Fsp3) is 0.158. The maximum atomic E-state index is 13.0. The molecular weight excluding hydrogens is 566 g/mol. The van der Waals surface area contributed by atoms with Crippen LogP contribution in [0.2, 0.25) is 0 Å². The first-order valence-corrected chi connectivity index (χ1v) is 14.7. The zero-order valence-corrected chi connectivity index (χ0v) is 25.1. The molecule has 0 aliphatic heterocycles. The lowest BCUT2D eigenvalue weighted by molar-refractivity contribution is -0.142. The lowest BCUT2D eigenvalue weighted by Crippen LogP contribution is -2.43. The van der Waals surface area contributed by atoms with E-state index in [4.69, 9.17) is 18.9 Å². The number of ether oxygens (including phenoxy) is 4. The summed E-state index contributed by atoms with van der Waals surface area (Å²) in [5.74, 6) is 1.21. The summed E-state index contributed by atoms with van der Waals surface area (Å²) in [5.41, 5.74) is 4.43. The number of nitrogens with one attached hydrogen (secondary N) is 1. The van der Waals surface area contributed by atoms with E-state index >= 15 is 0 Å². The zero-order chi connectivity index (χ0) is 31.3. The van der Waals surface area contributed by atoms with Crippen molar-refractivity contribution in [2.45, 2.75) is 32.3 Å². The minimum atomic E-state index is -0.853. The summed E-state index contributed by atoms with van der Waals surface area (Å²) in [6.45, 7) is 1.34. The summed E-state index contributed by atoms with van der Waals surface area (Å²) < 4.78 is 22.6. The van der Waals surface area contributed by atoms with E-state index in [-0.39, 0.29) is 12.3 Å². The van der Waals surface area contributed by atoms with Gasteiger partial charge in [-0.3, -0.25) is 4.79 Å². The first kappa shape index (κ1) is 30.9. The maximum Gasteiger partial charge on any atom is 0.328 e. The largest absolute Gasteiger partial charge is 0.489 e. The molecule has 7 nitrogen and oxygen atoms in total. The van der Waals surface area contributed by atoms with Gasteiger partial charge >= 0.3 is 5.97 Å². The molecule has 7 heteroatoms. The Hall–Kier alpha value is -5.56. The van der Waals surface area contributed by atoms with Crippen molar-refractivity contribution < 1.29 is 28.5 Å². The molecule has 0 aliphatic rings. The fourth-order valence-corrected chi connectivity index (χ4v) is 4.57. The average molecular weight is 602 g/mol. The number of hydrogen-bond acceptors (Lipinski definition) is 6. The lowest BCUT2D eigenvalue weighted by Gasteiger charge is -2.17. The quantitative estimate of drug-likeness (QED) is 0.139. The highest BCUT2D eigenvalue weighted by molar-refractivity contribution is 5.97. The second-order valence-corrected chi connectivity index (χ2v) is 10.4. The van der Waals surface area contributed by atoms with Gasteiger partial charge < -0.3 is 24.3 Å². The lowest BCUT2D eigenvalue weighted by atomic mass is 10.0. The first-order chi connectivity index (χ1) is 22.1. The topological polar surface area (TPSA) is 83.1 Å². The first-order valence-electron chi connectivity index (χ1n) is 14.7. The Balaban J connectivity index is 1.10. The molecule has 0 saturated carbocycles. The van der Waals surface area contributed by atoms with E-state index in [1.165, 1.54) is 7.11 Å². The van der Waals surface area contributed by atoms with Gasteiger partial charge in [-0.25, -0.2) is 4.79 Å². The number of methoxy groups -OCH3 is 1. The second kappa shape index (κ2) is 15.8. The minimum absolute atomic E-state index is 0.272. The molecule has 0 aromatic heterocycles. The molecule has 0 saturated heterocycles. The van der Waals surface area contributed by atoms with Gasteiger partial charge in [-0.1, -0.05) is 84.9 Å². The summed E-state index contributed by atoms with van der Waals surface area (Å²) in [4.78, 5) is 25.5. The standard InChI is InChI=1S/C38H35NO6/c1-42-38(41)36(24-28-12-18-33(19-13-28)43-25-29-8-4-2-5-9-29)39-37(40)32-16-22-35(23-17-32)45-27-31-14-20-34(21-15-31)44-26-30-10-6-3-7-11-30/h2-23,36H,24-27H2,1H3,(H,39,40). The SMILES string of the molecule is COC(=O)C(Cc1ccc(OCc2ccccc2)cc1)NC(=O)c1ccc(OCc2ccc(OCc3ccccc3)cc2)cc1. The van der Waals surface area contributed by atoms with Gasteiger partial charge in [0.15, 0.2) is 0 Å². The molecule has 1 atom stereocenters. The van der Waals surface area contributed by atoms with Gasteiger partial charge in [0.25, 0.3) is 5.91 Å². The van der Waals surface area contributed by atoms with E-state index in [0.717, 1.165) is 28.0 Å². The van der Waals surface area contributed by atoms with Crippen LogP contribution in [0.3, 0.4) is 0 Å². The van der Waals surface area contributed by atoms with Crippen molar-refractivity contribution in [3.63, 3.8) is 0 Å². The van der Waals surface area contributed by atoms with E-state index in [9.17, 15) is 9.59 Å². The van der Waals surface area contributed by atoms with Gasteiger partial charge in [0.1, 0.15) is 43.1 Å². The summed E-state index contributed by atoms with van der Waals surface area (Å²) in [7, 11) is 1.31. The Morgan fingerprint density at radius 2 is 0.933 bits per heavy atom. The third-order valence-electron chi connectivity index (χ3n) is 7.10. The van der Waals surface area contributed by atoms with Crippen LogP contribution in [0, 0.1) is 0 Å². The molecule has 0 heterocycles. The van der Waals surface area contributed by atoms with Crippen molar-refractivity contribution in [3.8, 4) is 17.2 Å². The van der Waals surface area contributed by atoms with Crippen LogP contribution in [0.5, 0.6) is 17.2 Å². The van der Waals surface area contributed by atoms with Crippen LogP contribution in [-0.4, -0.2) is 25.0 Å². The molecule has 0 aliphatic carbocycles. The Labute approximate surface area is 263 Å². The molecule has 0 spiro atoms. The Bertz CT molecular complexity index is 1640. The predicted octanol–water partition coefficient (Wildman–Crippen LogP) is 6.94. The van der Waals surface area contributed by atoms with Crippen LogP contribution in [0.4, 0.5) is 0 Å². The molecule has 0 bridgehead atoms. The van der Waals surface area contributed by atoms with Crippen LogP contribution in [0.1, 0.15) is 32.6 Å². The van der Waals surface area contributed by atoms with Crippen LogP contribution in [0.15, 0.2) is 133 Å². The summed E-state index contributed by atoms with van der Waals surface area (Å²) >= 11 is 0. The summed E-state index contributed by atoms with van der Waals surface area (Å²) in [6.07, 6.45) is 0.272. The van der Waals surface area contributed by atoms with Gasteiger partial charge in [-0.15, -0.1) is 0 Å². The van der Waals surface area contributed by atoms with Crippen LogP contribution in [0.25, 0.3) is 0 Å². The number of benzene rings is 5. The van der Waals surface area contributed by atoms with E-state index in [1.54, 1.807) is 24.3 Å². The number of hydrogen-bond donors (Lipinski definition) is 1. The zero-order valence-electron chi connectivity index (χ0n) is 25.1. The van der Waals surface area contributed by atoms with Gasteiger partial charge in [-0.2, -0.15) is 0 Å². The molecule has 5 rings (SSSR count). The molecule has 1 amide bonds. The number of amides is 1. The van der Waals surface area contributed by atoms with Crippen molar-refractivity contribution >= 4 is 11.9 Å². The normalized spacial score (nSPS) is 11.2. The predicted molar refractivity (Wildman–Crippen MR) is 172 cm³/mol. The van der Waals surface area contributed by atoms with Crippen LogP contribution in [-0.2, 0) is 35.8 Å². The number of carbonyl (C=O) groups is 2. The van der Waals surface area contributed by atoms with Crippen molar-refractivity contribution in [2.75, 3.05) is 7.11 Å². The Morgan fingerprint density at radius 3 is 1.38 bits per heavy atom. The molecule has 0 radical (unpaired) electrons. The Kier molecular flexibility index (Phi) is 10.8. The summed E-state index contributed by atoms with van der Waals surface area (Å²) in [6, 6.07) is 41.1. The number of carbonyl (C=O) groups excluding carboxylic acids is 2. The fourth-order valence-electron chi connectivity index (χ4n) is 4.57. The molecule has 228 valence electrons. The van der Waals surface area contributed by atoms with Crippen molar-refractivity contribution in [2.24, 2.45) is 0 Å². The van der Waals surface area contributed by atoms with Crippen LogP contribution >= 0.6 is 0 Å². The highest BCUT2D eigenvalue weighted by atomic mass is 16.5. The monoisotopic (exact) mass is 601 g/mol. The number of esters is 1. The van der Waals surface area contributed by atoms with E-state index in [1.807, 2.05) is 109 Å². The average Bonchev–Trinajstić information content (AvgIpc) is 3.10. The van der Waals surface area contributed by atoms with Gasteiger partial charge in [0.2, 0.25) is 0 Å². The molecule has 5 aromatic rings. The highest BCUT2D eigenvalue weighted by Gasteiger charge is 2.23. The molecule has 0 fully saturated rings. The molecule has 1 unspecified atom stereocenters. The van der Waals surface area contributed by atoms with Crippen LogP contribution < -0.4 is 19.5 Å². The Morgan fingerprint density at radius 1 is 0.533 bits per heavy atom. The van der Waals surface area contributed by atoms with Gasteiger partial charge in [0, 0.05) is 12.0 Å². The summed E-state index contributed by atoms with van der Waals surface area (Å²) in [5, 5.41) is 2.80. The molecular formula is C38H35NO6. The second-order valence-electron chi connectivity index (χ2n) is 10.4. The van der Waals surface area contributed by atoms with E-state index in [2.05, 4.69) is 5.32 Å². The van der Waals surface area contributed by atoms with Crippen molar-refractivity contribution in [1.29, 1.82) is 0 Å². The smallest absolute Gasteiger partial charge is 0.328 e. The molecule has 45 heavy (non-hydrogen) atoms. The third-order valence-corrected chi connectivity index (χ3v) is 7.10. The van der Waals surface area contributed by atoms with Gasteiger partial charge in [-0.05, 0) is 70.8 Å². The van der Waals surface area contributed by atoms with E-state index in [0.29, 0.717) is 36.9 Å². The maximum absolute atomic E-state index is 13.0. The minimum Gasteiger partial charge on any atom is -0.489 e. The molecule has 1 N–H and O–H groups in total. The van der Waals surface area contributed by atoms with E-state index < -0.39 is 12.0 Å². The van der Waals surface area contributed by atoms with Crippen molar-refractivity contribution in [3.05, 3.63) is 161 Å². The van der Waals surface area contributed by atoms with Crippen molar-refractivity contribution in [1.82, 2.24) is 5.32 Å².